The maximum Gasteiger partial charge on any atom is 0.264 e. The number of nitrogens with one attached hydrogen (secondary N) is 1. The molecule has 1 aromatic carbocycles. The lowest BCUT2D eigenvalue weighted by Crippen LogP contribution is -2.20. The van der Waals surface area contributed by atoms with Crippen LogP contribution in [0.2, 0.25) is 0 Å². The lowest BCUT2D eigenvalue weighted by Gasteiger charge is -2.12. The topological polar surface area (TPSA) is 73.3 Å². The van der Waals surface area contributed by atoms with E-state index in [1.165, 1.54) is 22.5 Å². The van der Waals surface area contributed by atoms with E-state index < -0.39 is 0 Å². The number of carbonyl (C=O) groups excluding carboxylic acids is 1. The molecule has 0 bridgehead atoms. The molecule has 1 amide bonds. The van der Waals surface area contributed by atoms with Crippen LogP contribution in [0.4, 0.5) is 5.13 Å². The van der Waals surface area contributed by atoms with Crippen LogP contribution in [-0.4, -0.2) is 29.3 Å². The number of hydrogen-bond donors (Lipinski definition) is 1. The molecule has 1 N–H and O–H groups in total. The summed E-state index contributed by atoms with van der Waals surface area (Å²) in [4.78, 5) is 12.0. The fraction of sp³-hybridized carbons (Fsp3) is 0.500. The summed E-state index contributed by atoms with van der Waals surface area (Å²) in [7, 11) is 0. The molecule has 1 aromatic heterocycles. The molecule has 2 heterocycles. The highest BCUT2D eigenvalue weighted by Crippen LogP contribution is 2.31. The Hall–Kier alpha value is -1.99. The van der Waals surface area contributed by atoms with Gasteiger partial charge in [0.05, 0.1) is 0 Å². The normalized spacial score (nSPS) is 17.0. The minimum absolute atomic E-state index is 0.0156. The predicted octanol–water partition coefficient (Wildman–Crippen LogP) is 3.84. The van der Waals surface area contributed by atoms with Crippen molar-refractivity contribution in [3.8, 4) is 5.75 Å². The Labute approximate surface area is 151 Å². The highest BCUT2D eigenvalue weighted by molar-refractivity contribution is 7.15. The second-order valence-corrected chi connectivity index (χ2v) is 7.47. The monoisotopic (exact) mass is 361 g/mol. The van der Waals surface area contributed by atoms with Gasteiger partial charge in [-0.15, -0.1) is 10.2 Å². The molecule has 0 radical (unpaired) electrons. The molecule has 25 heavy (non-hydrogen) atoms. The van der Waals surface area contributed by atoms with Gasteiger partial charge in [0.25, 0.3) is 5.91 Å². The van der Waals surface area contributed by atoms with Crippen LogP contribution in [0.15, 0.2) is 18.2 Å². The van der Waals surface area contributed by atoms with Crippen LogP contribution in [0.25, 0.3) is 0 Å². The number of aryl methyl sites for hydroxylation is 1. The lowest BCUT2D eigenvalue weighted by atomic mass is 9.98. The minimum atomic E-state index is -0.249. The van der Waals surface area contributed by atoms with Gasteiger partial charge in [0.15, 0.2) is 6.61 Å². The van der Waals surface area contributed by atoms with Crippen molar-refractivity contribution in [3.63, 3.8) is 0 Å². The molecular weight excluding hydrogens is 338 g/mol. The van der Waals surface area contributed by atoms with Crippen LogP contribution in [0.3, 0.4) is 0 Å². The quantitative estimate of drug-likeness (QED) is 0.846. The summed E-state index contributed by atoms with van der Waals surface area (Å²) in [6.07, 6.45) is 2.01. The summed E-state index contributed by atoms with van der Waals surface area (Å²) in [5, 5.41) is 12.1. The Morgan fingerprint density at radius 3 is 2.96 bits per heavy atom. The third-order valence-electron chi connectivity index (χ3n) is 4.13. The van der Waals surface area contributed by atoms with E-state index >= 15 is 0 Å². The Balaban J connectivity index is 1.52. The van der Waals surface area contributed by atoms with E-state index in [-0.39, 0.29) is 18.6 Å². The summed E-state index contributed by atoms with van der Waals surface area (Å²) in [6, 6.07) is 5.91. The number of benzene rings is 1. The Bertz CT molecular complexity index is 739. The highest BCUT2D eigenvalue weighted by Gasteiger charge is 2.22. The number of anilines is 1. The van der Waals surface area contributed by atoms with Gasteiger partial charge < -0.3 is 9.47 Å². The van der Waals surface area contributed by atoms with Gasteiger partial charge >= 0.3 is 0 Å². The van der Waals surface area contributed by atoms with Gasteiger partial charge in [0.1, 0.15) is 16.9 Å². The second-order valence-electron chi connectivity index (χ2n) is 6.46. The molecule has 6 nitrogen and oxygen atoms in total. The number of rotatable bonds is 6. The zero-order chi connectivity index (χ0) is 17.8. The van der Waals surface area contributed by atoms with Gasteiger partial charge in [-0.25, -0.2) is 0 Å². The van der Waals surface area contributed by atoms with Crippen LogP contribution in [-0.2, 0) is 9.53 Å². The van der Waals surface area contributed by atoms with Gasteiger partial charge in [0, 0.05) is 6.61 Å². The van der Waals surface area contributed by atoms with E-state index in [1.54, 1.807) is 0 Å². The van der Waals surface area contributed by atoms with E-state index in [9.17, 15) is 4.79 Å². The van der Waals surface area contributed by atoms with Crippen LogP contribution in [0.1, 0.15) is 54.8 Å². The third-order valence-corrected chi connectivity index (χ3v) is 5.06. The standard InChI is InChI=1S/C18H23N3O3S/c1-11(2)14-7-6-13(9-12(14)3)24-10-16(22)19-18-21-20-17(25-18)15-5-4-8-23-15/h6-7,9,11,15H,4-5,8,10H2,1-3H3,(H,19,21,22). The van der Waals surface area contributed by atoms with E-state index in [4.69, 9.17) is 9.47 Å². The van der Waals surface area contributed by atoms with Crippen molar-refractivity contribution in [1.29, 1.82) is 0 Å². The molecule has 1 aliphatic rings. The minimum Gasteiger partial charge on any atom is -0.484 e. The van der Waals surface area contributed by atoms with Crippen molar-refractivity contribution < 1.29 is 14.3 Å². The number of hydrogen-bond acceptors (Lipinski definition) is 6. The van der Waals surface area contributed by atoms with Crippen LogP contribution >= 0.6 is 11.3 Å². The van der Waals surface area contributed by atoms with Crippen molar-refractivity contribution in [2.45, 2.75) is 45.6 Å². The molecule has 1 aliphatic heterocycles. The third kappa shape index (κ3) is 4.55. The molecule has 3 rings (SSSR count). The van der Waals surface area contributed by atoms with Crippen LogP contribution in [0.5, 0.6) is 5.75 Å². The Morgan fingerprint density at radius 2 is 2.28 bits per heavy atom. The molecular formula is C18H23N3O3S. The molecule has 0 aliphatic carbocycles. The second kappa shape index (κ2) is 7.93. The lowest BCUT2D eigenvalue weighted by molar-refractivity contribution is -0.118. The highest BCUT2D eigenvalue weighted by atomic mass is 32.1. The molecule has 1 unspecified atom stereocenters. The summed E-state index contributed by atoms with van der Waals surface area (Å²) >= 11 is 1.35. The maximum atomic E-state index is 12.0. The zero-order valence-corrected chi connectivity index (χ0v) is 15.6. The number of carbonyl (C=O) groups is 1. The number of amides is 1. The first-order valence-electron chi connectivity index (χ1n) is 8.51. The zero-order valence-electron chi connectivity index (χ0n) is 14.7. The summed E-state index contributed by atoms with van der Waals surface area (Å²) in [6.45, 7) is 7.06. The van der Waals surface area contributed by atoms with Crippen molar-refractivity contribution in [3.05, 3.63) is 34.3 Å². The molecule has 1 fully saturated rings. The van der Waals surface area contributed by atoms with E-state index in [0.29, 0.717) is 16.8 Å². The summed E-state index contributed by atoms with van der Waals surface area (Å²) < 4.78 is 11.2. The number of nitrogens with zero attached hydrogens (tertiary/aromatic N) is 2. The van der Waals surface area contributed by atoms with Gasteiger partial charge in [-0.3, -0.25) is 10.1 Å². The number of ether oxygens (including phenoxy) is 2. The molecule has 2 aromatic rings. The largest absolute Gasteiger partial charge is 0.484 e. The van der Waals surface area contributed by atoms with Crippen molar-refractivity contribution >= 4 is 22.4 Å². The maximum absolute atomic E-state index is 12.0. The van der Waals surface area contributed by atoms with Crippen molar-refractivity contribution in [1.82, 2.24) is 10.2 Å². The van der Waals surface area contributed by atoms with Gasteiger partial charge in [-0.1, -0.05) is 31.3 Å². The summed E-state index contributed by atoms with van der Waals surface area (Å²) in [5.41, 5.74) is 2.45. The first kappa shape index (κ1) is 17.8. The van der Waals surface area contributed by atoms with Gasteiger partial charge in [-0.05, 0) is 48.9 Å². The smallest absolute Gasteiger partial charge is 0.264 e. The van der Waals surface area contributed by atoms with Crippen molar-refractivity contribution in [2.24, 2.45) is 0 Å². The Morgan fingerprint density at radius 1 is 1.44 bits per heavy atom. The van der Waals surface area contributed by atoms with E-state index in [2.05, 4.69) is 36.3 Å². The number of aromatic nitrogens is 2. The molecule has 7 heteroatoms. The fourth-order valence-corrected chi connectivity index (χ4v) is 3.72. The first-order valence-corrected chi connectivity index (χ1v) is 9.33. The molecule has 0 spiro atoms. The molecule has 1 atom stereocenters. The van der Waals surface area contributed by atoms with Crippen LogP contribution in [0, 0.1) is 6.92 Å². The Kier molecular flexibility index (Phi) is 5.65. The average Bonchev–Trinajstić information content (AvgIpc) is 3.23. The van der Waals surface area contributed by atoms with Crippen molar-refractivity contribution in [2.75, 3.05) is 18.5 Å². The molecule has 134 valence electrons. The molecule has 0 saturated carbocycles. The van der Waals surface area contributed by atoms with Crippen LogP contribution < -0.4 is 10.1 Å². The molecule has 1 saturated heterocycles. The fourth-order valence-electron chi connectivity index (χ4n) is 2.88. The van der Waals surface area contributed by atoms with Gasteiger partial charge in [0.2, 0.25) is 5.13 Å². The SMILES string of the molecule is Cc1cc(OCC(=O)Nc2nnc(C3CCCO3)s2)ccc1C(C)C. The van der Waals surface area contributed by atoms with E-state index in [0.717, 1.165) is 24.5 Å². The first-order chi connectivity index (χ1) is 12.0. The summed E-state index contributed by atoms with van der Waals surface area (Å²) in [5.74, 6) is 0.905. The van der Waals surface area contributed by atoms with Gasteiger partial charge in [-0.2, -0.15) is 0 Å². The average molecular weight is 361 g/mol. The van der Waals surface area contributed by atoms with E-state index in [1.807, 2.05) is 18.2 Å². The predicted molar refractivity (Wildman–Crippen MR) is 97.2 cm³/mol.